The monoisotopic (exact) mass is 271 g/mol. The van der Waals surface area contributed by atoms with Gasteiger partial charge in [-0.2, -0.15) is 0 Å². The van der Waals surface area contributed by atoms with Crippen molar-refractivity contribution in [3.8, 4) is 0 Å². The molecule has 0 aliphatic rings. The minimum Gasteiger partial charge on any atom is -0.315 e. The fourth-order valence-corrected chi connectivity index (χ4v) is 2.62. The number of amides is 1. The lowest BCUT2D eigenvalue weighted by Crippen LogP contribution is -2.27. The molecule has 19 heavy (non-hydrogen) atoms. The van der Waals surface area contributed by atoms with E-state index in [0.717, 1.165) is 11.4 Å². The molecule has 0 heterocycles. The molecule has 0 radical (unpaired) electrons. The Morgan fingerprint density at radius 3 is 2.21 bits per heavy atom. The van der Waals surface area contributed by atoms with Gasteiger partial charge in [-0.3, -0.25) is 4.79 Å². The molecule has 2 aromatic carbocycles. The summed E-state index contributed by atoms with van der Waals surface area (Å²) < 4.78 is 0. The van der Waals surface area contributed by atoms with Crippen LogP contribution in [0.2, 0.25) is 0 Å². The van der Waals surface area contributed by atoms with E-state index in [9.17, 15) is 4.79 Å². The molecule has 0 aliphatic carbocycles. The molecule has 0 aliphatic heterocycles. The van der Waals surface area contributed by atoms with Gasteiger partial charge in [0, 0.05) is 18.5 Å². The molecule has 3 heteroatoms. The molecule has 0 fully saturated rings. The van der Waals surface area contributed by atoms with Gasteiger partial charge in [-0.25, -0.2) is 0 Å². The highest BCUT2D eigenvalue weighted by Crippen LogP contribution is 2.15. The predicted molar refractivity (Wildman–Crippen MR) is 82.5 cm³/mol. The third kappa shape index (κ3) is 4.14. The Labute approximate surface area is 118 Å². The summed E-state index contributed by atoms with van der Waals surface area (Å²) in [6.45, 7) is 0. The maximum atomic E-state index is 12.0. The SMILES string of the molecule is CN(C(=O)CSCc1ccccc1)c1ccccc1. The van der Waals surface area contributed by atoms with Crippen molar-refractivity contribution >= 4 is 23.4 Å². The minimum absolute atomic E-state index is 0.132. The van der Waals surface area contributed by atoms with Crippen molar-refractivity contribution in [2.24, 2.45) is 0 Å². The summed E-state index contributed by atoms with van der Waals surface area (Å²) in [6.07, 6.45) is 0. The van der Waals surface area contributed by atoms with Gasteiger partial charge in [-0.05, 0) is 17.7 Å². The average Bonchev–Trinajstić information content (AvgIpc) is 2.48. The van der Waals surface area contributed by atoms with E-state index < -0.39 is 0 Å². The Bertz CT molecular complexity index is 513. The molecule has 0 N–H and O–H groups in total. The Morgan fingerprint density at radius 2 is 1.58 bits per heavy atom. The summed E-state index contributed by atoms with van der Waals surface area (Å²) in [4.78, 5) is 13.7. The van der Waals surface area contributed by atoms with Crippen LogP contribution in [0.25, 0.3) is 0 Å². The maximum absolute atomic E-state index is 12.0. The Balaban J connectivity index is 1.82. The fourth-order valence-electron chi connectivity index (χ4n) is 1.72. The van der Waals surface area contributed by atoms with Crippen molar-refractivity contribution in [3.05, 3.63) is 66.2 Å². The molecule has 2 nitrogen and oxygen atoms in total. The number of para-hydroxylation sites is 1. The first-order valence-corrected chi connectivity index (χ1v) is 7.36. The van der Waals surface area contributed by atoms with E-state index in [4.69, 9.17) is 0 Å². The maximum Gasteiger partial charge on any atom is 0.236 e. The Hall–Kier alpha value is -1.74. The molecular weight excluding hydrogens is 254 g/mol. The zero-order valence-corrected chi connectivity index (χ0v) is 11.8. The van der Waals surface area contributed by atoms with Crippen molar-refractivity contribution in [1.29, 1.82) is 0 Å². The van der Waals surface area contributed by atoms with Crippen LogP contribution in [0.3, 0.4) is 0 Å². The largest absolute Gasteiger partial charge is 0.315 e. The van der Waals surface area contributed by atoms with Crippen molar-refractivity contribution < 1.29 is 4.79 Å². The van der Waals surface area contributed by atoms with Gasteiger partial charge in [0.1, 0.15) is 0 Å². The summed E-state index contributed by atoms with van der Waals surface area (Å²) >= 11 is 1.65. The van der Waals surface area contributed by atoms with Crippen LogP contribution in [-0.2, 0) is 10.5 Å². The van der Waals surface area contributed by atoms with E-state index in [1.54, 1.807) is 16.7 Å². The molecule has 98 valence electrons. The van der Waals surface area contributed by atoms with Gasteiger partial charge in [0.05, 0.1) is 5.75 Å². The van der Waals surface area contributed by atoms with Crippen LogP contribution in [0.15, 0.2) is 60.7 Å². The van der Waals surface area contributed by atoms with Crippen LogP contribution >= 0.6 is 11.8 Å². The van der Waals surface area contributed by atoms with Crippen molar-refractivity contribution in [1.82, 2.24) is 0 Å². The van der Waals surface area contributed by atoms with Crippen LogP contribution in [0.4, 0.5) is 5.69 Å². The summed E-state index contributed by atoms with van der Waals surface area (Å²) in [5.41, 5.74) is 2.19. The van der Waals surface area contributed by atoms with E-state index in [2.05, 4.69) is 12.1 Å². The molecule has 2 rings (SSSR count). The van der Waals surface area contributed by atoms with Crippen LogP contribution in [0.5, 0.6) is 0 Å². The zero-order valence-electron chi connectivity index (χ0n) is 11.0. The second-order valence-electron chi connectivity index (χ2n) is 4.27. The zero-order chi connectivity index (χ0) is 13.5. The summed E-state index contributed by atoms with van der Waals surface area (Å²) in [6, 6.07) is 19.9. The topological polar surface area (TPSA) is 20.3 Å². The molecule has 1 amide bonds. The van der Waals surface area contributed by atoms with Crippen LogP contribution in [0, 0.1) is 0 Å². The van der Waals surface area contributed by atoms with Crippen LogP contribution < -0.4 is 4.90 Å². The standard InChI is InChI=1S/C16H17NOS/c1-17(15-10-6-3-7-11-15)16(18)13-19-12-14-8-4-2-5-9-14/h2-11H,12-13H2,1H3. The molecule has 0 unspecified atom stereocenters. The Morgan fingerprint density at radius 1 is 1.00 bits per heavy atom. The summed E-state index contributed by atoms with van der Waals surface area (Å²) in [7, 11) is 1.82. The lowest BCUT2D eigenvalue weighted by atomic mass is 10.2. The lowest BCUT2D eigenvalue weighted by molar-refractivity contribution is -0.115. The van der Waals surface area contributed by atoms with Crippen LogP contribution in [0.1, 0.15) is 5.56 Å². The first-order valence-electron chi connectivity index (χ1n) is 6.20. The van der Waals surface area contributed by atoms with Crippen LogP contribution in [-0.4, -0.2) is 18.7 Å². The molecule has 0 spiro atoms. The highest BCUT2D eigenvalue weighted by Gasteiger charge is 2.10. The number of rotatable bonds is 5. The summed E-state index contributed by atoms with van der Waals surface area (Å²) in [5, 5.41) is 0. The quantitative estimate of drug-likeness (QED) is 0.828. The molecule has 0 saturated heterocycles. The molecule has 0 bridgehead atoms. The predicted octanol–water partition coefficient (Wildman–Crippen LogP) is 3.58. The normalized spacial score (nSPS) is 10.2. The number of carbonyl (C=O) groups is 1. The number of thioether (sulfide) groups is 1. The molecule has 0 saturated carbocycles. The number of nitrogens with zero attached hydrogens (tertiary/aromatic N) is 1. The molecule has 0 atom stereocenters. The van der Waals surface area contributed by atoms with E-state index in [-0.39, 0.29) is 5.91 Å². The number of benzene rings is 2. The second-order valence-corrected chi connectivity index (χ2v) is 5.25. The Kier molecular flexibility index (Phi) is 5.04. The smallest absolute Gasteiger partial charge is 0.236 e. The second kappa shape index (κ2) is 7.00. The van der Waals surface area contributed by atoms with E-state index in [1.807, 2.05) is 55.6 Å². The summed E-state index contributed by atoms with van der Waals surface area (Å²) in [5.74, 6) is 1.50. The number of hydrogen-bond donors (Lipinski definition) is 0. The number of hydrogen-bond acceptors (Lipinski definition) is 2. The van der Waals surface area contributed by atoms with E-state index in [0.29, 0.717) is 5.75 Å². The van der Waals surface area contributed by atoms with Gasteiger partial charge in [0.15, 0.2) is 0 Å². The van der Waals surface area contributed by atoms with Gasteiger partial charge < -0.3 is 4.90 Å². The van der Waals surface area contributed by atoms with Crippen molar-refractivity contribution in [2.45, 2.75) is 5.75 Å². The van der Waals surface area contributed by atoms with Crippen molar-refractivity contribution in [3.63, 3.8) is 0 Å². The number of anilines is 1. The molecular formula is C16H17NOS. The number of carbonyl (C=O) groups excluding carboxylic acids is 1. The van der Waals surface area contributed by atoms with Gasteiger partial charge in [0.25, 0.3) is 0 Å². The van der Waals surface area contributed by atoms with E-state index >= 15 is 0 Å². The van der Waals surface area contributed by atoms with Gasteiger partial charge in [0.2, 0.25) is 5.91 Å². The average molecular weight is 271 g/mol. The first kappa shape index (κ1) is 13.7. The highest BCUT2D eigenvalue weighted by molar-refractivity contribution is 7.99. The van der Waals surface area contributed by atoms with Gasteiger partial charge in [-0.15, -0.1) is 11.8 Å². The van der Waals surface area contributed by atoms with Crippen molar-refractivity contribution in [2.75, 3.05) is 17.7 Å². The third-order valence-corrected chi connectivity index (χ3v) is 3.84. The van der Waals surface area contributed by atoms with E-state index in [1.165, 1.54) is 5.56 Å². The lowest BCUT2D eigenvalue weighted by Gasteiger charge is -2.16. The minimum atomic E-state index is 0.132. The molecule has 2 aromatic rings. The van der Waals surface area contributed by atoms with Gasteiger partial charge in [-0.1, -0.05) is 48.5 Å². The fraction of sp³-hybridized carbons (Fsp3) is 0.188. The third-order valence-electron chi connectivity index (χ3n) is 2.85. The molecule has 0 aromatic heterocycles. The van der Waals surface area contributed by atoms with Gasteiger partial charge >= 0.3 is 0 Å². The highest BCUT2D eigenvalue weighted by atomic mass is 32.2. The first-order chi connectivity index (χ1) is 9.27.